The van der Waals surface area contributed by atoms with Crippen LogP contribution in [-0.4, -0.2) is 23.4 Å². The summed E-state index contributed by atoms with van der Waals surface area (Å²) in [6.45, 7) is -0.195. The monoisotopic (exact) mass is 283 g/mol. The molecule has 0 radical (unpaired) electrons. The first-order valence-corrected chi connectivity index (χ1v) is 6.12. The van der Waals surface area contributed by atoms with Gasteiger partial charge in [0.25, 0.3) is 0 Å². The van der Waals surface area contributed by atoms with Crippen molar-refractivity contribution in [1.29, 1.82) is 0 Å². The molecule has 0 aliphatic carbocycles. The number of hydrogen-bond donors (Lipinski definition) is 2. The number of alkyl halides is 2. The summed E-state index contributed by atoms with van der Waals surface area (Å²) in [5.41, 5.74) is 1.73. The van der Waals surface area contributed by atoms with Crippen molar-refractivity contribution in [3.05, 3.63) is 36.2 Å². The lowest BCUT2D eigenvalue weighted by Crippen LogP contribution is -2.06. The van der Waals surface area contributed by atoms with Gasteiger partial charge in [-0.2, -0.15) is 13.9 Å². The Morgan fingerprint density at radius 3 is 2.85 bits per heavy atom. The van der Waals surface area contributed by atoms with Crippen molar-refractivity contribution in [3.8, 4) is 11.5 Å². The second-order valence-corrected chi connectivity index (χ2v) is 3.93. The van der Waals surface area contributed by atoms with Crippen molar-refractivity contribution in [2.45, 2.75) is 20.1 Å². The number of nitrogens with zero attached hydrogens (tertiary/aromatic N) is 1. The average molecular weight is 283 g/mol. The number of rotatable bonds is 7. The molecule has 0 aliphatic rings. The predicted molar refractivity (Wildman–Crippen MR) is 70.2 cm³/mol. The van der Waals surface area contributed by atoms with Gasteiger partial charge in [0.15, 0.2) is 11.5 Å². The van der Waals surface area contributed by atoms with E-state index < -0.39 is 6.61 Å². The van der Waals surface area contributed by atoms with Gasteiger partial charge >= 0.3 is 6.61 Å². The summed E-state index contributed by atoms with van der Waals surface area (Å²) >= 11 is 0. The molecule has 0 spiro atoms. The number of benzene rings is 1. The maximum Gasteiger partial charge on any atom is 0.387 e. The first-order chi connectivity index (χ1) is 9.69. The summed E-state index contributed by atoms with van der Waals surface area (Å²) in [6.07, 6.45) is 3.37. The van der Waals surface area contributed by atoms with Crippen LogP contribution < -0.4 is 14.8 Å². The van der Waals surface area contributed by atoms with E-state index in [9.17, 15) is 8.78 Å². The summed E-state index contributed by atoms with van der Waals surface area (Å²) in [5.74, 6) is 0.341. The fraction of sp³-hybridized carbons (Fsp3) is 0.308. The van der Waals surface area contributed by atoms with Gasteiger partial charge in [-0.05, 0) is 24.6 Å². The smallest absolute Gasteiger partial charge is 0.387 e. The van der Waals surface area contributed by atoms with Crippen molar-refractivity contribution >= 4 is 5.69 Å². The van der Waals surface area contributed by atoms with E-state index in [2.05, 4.69) is 20.3 Å². The first-order valence-electron chi connectivity index (χ1n) is 6.12. The molecule has 2 N–H and O–H groups in total. The molecule has 0 fully saturated rings. The maximum absolute atomic E-state index is 12.3. The molecule has 0 saturated heterocycles. The van der Waals surface area contributed by atoms with Crippen LogP contribution in [0, 0.1) is 0 Å². The summed E-state index contributed by atoms with van der Waals surface area (Å²) in [5, 5.41) is 9.63. The lowest BCUT2D eigenvalue weighted by Gasteiger charge is -2.13. The Bertz CT molecular complexity index is 532. The molecule has 0 saturated carbocycles. The van der Waals surface area contributed by atoms with Gasteiger partial charge in [-0.1, -0.05) is 6.07 Å². The summed E-state index contributed by atoms with van der Waals surface area (Å²) in [4.78, 5) is 0. The molecule has 5 nitrogen and oxygen atoms in total. The van der Waals surface area contributed by atoms with Gasteiger partial charge in [0.1, 0.15) is 0 Å². The highest BCUT2D eigenvalue weighted by molar-refractivity contribution is 5.45. The quantitative estimate of drug-likeness (QED) is 0.820. The summed E-state index contributed by atoms with van der Waals surface area (Å²) in [7, 11) is 0. The molecular formula is C13H15F2N3O2. The minimum Gasteiger partial charge on any atom is -0.490 e. The van der Waals surface area contributed by atoms with Gasteiger partial charge < -0.3 is 14.8 Å². The predicted octanol–water partition coefficient (Wildman–Crippen LogP) is 3.02. The molecule has 20 heavy (non-hydrogen) atoms. The van der Waals surface area contributed by atoms with Gasteiger partial charge in [-0.15, -0.1) is 0 Å². The Morgan fingerprint density at radius 1 is 1.35 bits per heavy atom. The minimum absolute atomic E-state index is 0.0360. The largest absolute Gasteiger partial charge is 0.490 e. The Kier molecular flexibility index (Phi) is 4.75. The maximum atomic E-state index is 12.3. The van der Waals surface area contributed by atoms with Gasteiger partial charge in [-0.3, -0.25) is 5.10 Å². The fourth-order valence-corrected chi connectivity index (χ4v) is 1.68. The third-order valence-corrected chi connectivity index (χ3v) is 2.52. The molecule has 0 atom stereocenters. The highest BCUT2D eigenvalue weighted by atomic mass is 19.3. The average Bonchev–Trinajstić information content (AvgIpc) is 2.92. The van der Waals surface area contributed by atoms with E-state index in [1.54, 1.807) is 31.5 Å². The van der Waals surface area contributed by atoms with Gasteiger partial charge in [0.2, 0.25) is 0 Å². The number of aromatic nitrogens is 2. The van der Waals surface area contributed by atoms with Crippen LogP contribution in [0.4, 0.5) is 14.5 Å². The highest BCUT2D eigenvalue weighted by Gasteiger charge is 2.11. The number of halogens is 2. The van der Waals surface area contributed by atoms with E-state index in [0.29, 0.717) is 18.9 Å². The van der Waals surface area contributed by atoms with Crippen LogP contribution in [0.1, 0.15) is 12.5 Å². The van der Waals surface area contributed by atoms with Crippen LogP contribution in [0.3, 0.4) is 0 Å². The zero-order chi connectivity index (χ0) is 14.4. The van der Waals surface area contributed by atoms with Crippen molar-refractivity contribution < 1.29 is 18.3 Å². The molecule has 0 bridgehead atoms. The SMILES string of the molecule is CCOc1cc(CNc2cn[nH]c2)ccc1OC(F)F. The number of aromatic amines is 1. The molecule has 0 amide bonds. The number of hydrogen-bond acceptors (Lipinski definition) is 4. The lowest BCUT2D eigenvalue weighted by molar-refractivity contribution is -0.0514. The van der Waals surface area contributed by atoms with Gasteiger partial charge in [0.05, 0.1) is 18.5 Å². The molecule has 1 aromatic heterocycles. The topological polar surface area (TPSA) is 59.2 Å². The molecular weight excluding hydrogens is 268 g/mol. The number of ether oxygens (including phenoxy) is 2. The number of anilines is 1. The zero-order valence-corrected chi connectivity index (χ0v) is 10.9. The molecule has 7 heteroatoms. The van der Waals surface area contributed by atoms with E-state index in [4.69, 9.17) is 4.74 Å². The fourth-order valence-electron chi connectivity index (χ4n) is 1.68. The summed E-state index contributed by atoms with van der Waals surface area (Å²) in [6, 6.07) is 4.85. The molecule has 1 heterocycles. The van der Waals surface area contributed by atoms with E-state index in [0.717, 1.165) is 11.3 Å². The molecule has 1 aromatic carbocycles. The second-order valence-electron chi connectivity index (χ2n) is 3.93. The van der Waals surface area contributed by atoms with E-state index in [-0.39, 0.29) is 5.75 Å². The van der Waals surface area contributed by atoms with Gasteiger partial charge in [0, 0.05) is 12.7 Å². The molecule has 0 aliphatic heterocycles. The third-order valence-electron chi connectivity index (χ3n) is 2.52. The second kappa shape index (κ2) is 6.74. The van der Waals surface area contributed by atoms with Crippen molar-refractivity contribution in [2.75, 3.05) is 11.9 Å². The highest BCUT2D eigenvalue weighted by Crippen LogP contribution is 2.30. The van der Waals surface area contributed by atoms with Crippen LogP contribution in [0.25, 0.3) is 0 Å². The summed E-state index contributed by atoms with van der Waals surface area (Å²) < 4.78 is 34.3. The minimum atomic E-state index is -2.87. The lowest BCUT2D eigenvalue weighted by atomic mass is 10.2. The molecule has 0 unspecified atom stereocenters. The normalized spacial score (nSPS) is 10.6. The third kappa shape index (κ3) is 3.84. The zero-order valence-electron chi connectivity index (χ0n) is 10.9. The first kappa shape index (κ1) is 14.1. The molecule has 108 valence electrons. The van der Waals surface area contributed by atoms with Crippen molar-refractivity contribution in [1.82, 2.24) is 10.2 Å². The van der Waals surface area contributed by atoms with Crippen LogP contribution in [0.5, 0.6) is 11.5 Å². The van der Waals surface area contributed by atoms with Crippen molar-refractivity contribution in [2.24, 2.45) is 0 Å². The van der Waals surface area contributed by atoms with E-state index >= 15 is 0 Å². The van der Waals surface area contributed by atoms with E-state index in [1.807, 2.05) is 0 Å². The Hall–Kier alpha value is -2.31. The number of nitrogens with one attached hydrogen (secondary N) is 2. The van der Waals surface area contributed by atoms with Gasteiger partial charge in [-0.25, -0.2) is 0 Å². The standard InChI is InChI=1S/C13H15F2N3O2/c1-2-19-12-5-9(3-4-11(12)20-13(14)15)6-16-10-7-17-18-8-10/h3-5,7-8,13,16H,2,6H2,1H3,(H,17,18). The number of H-pyrrole nitrogens is 1. The van der Waals surface area contributed by atoms with Crippen LogP contribution in [-0.2, 0) is 6.54 Å². The van der Waals surface area contributed by atoms with Crippen LogP contribution in [0.2, 0.25) is 0 Å². The van der Waals surface area contributed by atoms with Crippen molar-refractivity contribution in [3.63, 3.8) is 0 Å². The van der Waals surface area contributed by atoms with Crippen LogP contribution in [0.15, 0.2) is 30.6 Å². The molecule has 2 aromatic rings. The molecule has 2 rings (SSSR count). The Balaban J connectivity index is 2.08. The van der Waals surface area contributed by atoms with E-state index in [1.165, 1.54) is 6.07 Å². The Morgan fingerprint density at radius 2 is 2.20 bits per heavy atom. The van der Waals surface area contributed by atoms with Crippen LogP contribution >= 0.6 is 0 Å². The Labute approximate surface area is 114 Å².